The van der Waals surface area contributed by atoms with E-state index in [1.807, 2.05) is 12.1 Å². The van der Waals surface area contributed by atoms with Crippen LogP contribution in [0.2, 0.25) is 0 Å². The fraction of sp³-hybridized carbons (Fsp3) is 0.375. The van der Waals surface area contributed by atoms with Gasteiger partial charge in [-0.05, 0) is 42.7 Å². The van der Waals surface area contributed by atoms with Crippen LogP contribution < -0.4 is 15.4 Å². The maximum Gasteiger partial charge on any atom is 0.255 e. The predicted molar refractivity (Wildman–Crippen MR) is 122 cm³/mol. The molecule has 3 aromatic rings. The van der Waals surface area contributed by atoms with Gasteiger partial charge in [0.25, 0.3) is 5.56 Å². The fourth-order valence-corrected chi connectivity index (χ4v) is 4.39. The van der Waals surface area contributed by atoms with E-state index in [4.69, 9.17) is 9.72 Å². The molecule has 0 amide bonds. The molecule has 0 spiro atoms. The third-order valence-corrected chi connectivity index (χ3v) is 6.17. The standard InChI is InChI=1S/C24H27N5O2/c1-27-23(30)16-21(18-8-10-25-11-9-18)26-24(27)29-14-15-31-22(17-29)19-4-6-20(7-5-19)28-12-2-3-13-28/h4-11,16,22H,2-3,12-15,17H2,1H3. The van der Waals surface area contributed by atoms with E-state index in [1.54, 1.807) is 30.1 Å². The summed E-state index contributed by atoms with van der Waals surface area (Å²) in [7, 11) is 1.77. The summed E-state index contributed by atoms with van der Waals surface area (Å²) in [5.41, 5.74) is 3.91. The van der Waals surface area contributed by atoms with Gasteiger partial charge in [-0.2, -0.15) is 0 Å². The van der Waals surface area contributed by atoms with Crippen molar-refractivity contribution < 1.29 is 4.74 Å². The molecule has 1 aromatic carbocycles. The number of anilines is 2. The molecule has 7 nitrogen and oxygen atoms in total. The molecule has 2 aliphatic rings. The van der Waals surface area contributed by atoms with Crippen LogP contribution in [0, 0.1) is 0 Å². The van der Waals surface area contributed by atoms with E-state index in [1.165, 1.54) is 18.5 Å². The summed E-state index contributed by atoms with van der Waals surface area (Å²) in [5.74, 6) is 0.668. The van der Waals surface area contributed by atoms with Crippen LogP contribution in [0.3, 0.4) is 0 Å². The molecule has 2 saturated heterocycles. The number of hydrogen-bond donors (Lipinski definition) is 0. The second-order valence-corrected chi connectivity index (χ2v) is 8.17. The number of aromatic nitrogens is 3. The van der Waals surface area contributed by atoms with E-state index in [0.717, 1.165) is 24.2 Å². The minimum absolute atomic E-state index is 0.0529. The molecule has 0 N–H and O–H groups in total. The van der Waals surface area contributed by atoms with E-state index >= 15 is 0 Å². The Bertz CT molecular complexity index is 1090. The average Bonchev–Trinajstić information content (AvgIpc) is 3.37. The quantitative estimate of drug-likeness (QED) is 0.650. The second kappa shape index (κ2) is 8.51. The molecule has 0 aliphatic carbocycles. The summed E-state index contributed by atoms with van der Waals surface area (Å²) in [6.07, 6.45) is 5.91. The normalized spacial score (nSPS) is 19.1. The molecule has 31 heavy (non-hydrogen) atoms. The lowest BCUT2D eigenvalue weighted by Crippen LogP contribution is -2.41. The van der Waals surface area contributed by atoms with Gasteiger partial charge in [-0.1, -0.05) is 12.1 Å². The fourth-order valence-electron chi connectivity index (χ4n) is 4.39. The van der Waals surface area contributed by atoms with E-state index in [9.17, 15) is 4.79 Å². The number of rotatable bonds is 4. The molecule has 7 heteroatoms. The third-order valence-electron chi connectivity index (χ3n) is 6.17. The zero-order valence-corrected chi connectivity index (χ0v) is 17.8. The van der Waals surface area contributed by atoms with Gasteiger partial charge in [0.05, 0.1) is 18.8 Å². The lowest BCUT2D eigenvalue weighted by molar-refractivity contribution is 0.0390. The topological polar surface area (TPSA) is 63.5 Å². The summed E-state index contributed by atoms with van der Waals surface area (Å²) >= 11 is 0. The summed E-state index contributed by atoms with van der Waals surface area (Å²) in [6.45, 7) is 4.22. The van der Waals surface area contributed by atoms with Crippen LogP contribution in [0.4, 0.5) is 11.6 Å². The predicted octanol–water partition coefficient (Wildman–Crippen LogP) is 3.02. The van der Waals surface area contributed by atoms with Gasteiger partial charge < -0.3 is 14.5 Å². The smallest absolute Gasteiger partial charge is 0.255 e. The van der Waals surface area contributed by atoms with Crippen LogP contribution in [0.1, 0.15) is 24.5 Å². The Kier molecular flexibility index (Phi) is 5.42. The summed E-state index contributed by atoms with van der Waals surface area (Å²) < 4.78 is 7.70. The van der Waals surface area contributed by atoms with Crippen LogP contribution >= 0.6 is 0 Å². The van der Waals surface area contributed by atoms with Crippen molar-refractivity contribution >= 4 is 11.6 Å². The molecular weight excluding hydrogens is 390 g/mol. The highest BCUT2D eigenvalue weighted by atomic mass is 16.5. The molecule has 160 valence electrons. The Morgan fingerprint density at radius 2 is 1.71 bits per heavy atom. The lowest BCUT2D eigenvalue weighted by Gasteiger charge is -2.34. The van der Waals surface area contributed by atoms with Crippen molar-refractivity contribution in [2.24, 2.45) is 7.05 Å². The molecular formula is C24H27N5O2. The Hall–Kier alpha value is -3.19. The number of morpholine rings is 1. The molecule has 1 atom stereocenters. The monoisotopic (exact) mass is 417 g/mol. The van der Waals surface area contributed by atoms with Gasteiger partial charge in [-0.15, -0.1) is 0 Å². The molecule has 1 unspecified atom stereocenters. The van der Waals surface area contributed by atoms with Gasteiger partial charge in [0.2, 0.25) is 5.95 Å². The highest BCUT2D eigenvalue weighted by Crippen LogP contribution is 2.28. The van der Waals surface area contributed by atoms with E-state index < -0.39 is 0 Å². The summed E-state index contributed by atoms with van der Waals surface area (Å²) in [5, 5.41) is 0. The third kappa shape index (κ3) is 4.05. The number of nitrogens with zero attached hydrogens (tertiary/aromatic N) is 5. The van der Waals surface area contributed by atoms with E-state index in [-0.39, 0.29) is 11.7 Å². The van der Waals surface area contributed by atoms with Crippen molar-refractivity contribution in [2.75, 3.05) is 42.6 Å². The van der Waals surface area contributed by atoms with E-state index in [2.05, 4.69) is 39.0 Å². The van der Waals surface area contributed by atoms with Gasteiger partial charge in [0.1, 0.15) is 6.10 Å². The first-order valence-electron chi connectivity index (χ1n) is 10.9. The van der Waals surface area contributed by atoms with Crippen LogP contribution in [0.5, 0.6) is 0 Å². The number of ether oxygens (including phenoxy) is 1. The van der Waals surface area contributed by atoms with Gasteiger partial charge >= 0.3 is 0 Å². The minimum Gasteiger partial charge on any atom is -0.372 e. The highest BCUT2D eigenvalue weighted by molar-refractivity contribution is 5.59. The number of benzene rings is 1. The molecule has 4 heterocycles. The van der Waals surface area contributed by atoms with Crippen LogP contribution in [0.25, 0.3) is 11.3 Å². The SMILES string of the molecule is Cn1c(N2CCOC(c3ccc(N4CCCC4)cc3)C2)nc(-c2ccncc2)cc1=O. The number of pyridine rings is 1. The van der Waals surface area contributed by atoms with Crippen molar-refractivity contribution in [1.29, 1.82) is 0 Å². The van der Waals surface area contributed by atoms with Gasteiger partial charge in [0.15, 0.2) is 0 Å². The molecule has 2 fully saturated rings. The zero-order chi connectivity index (χ0) is 21.2. The minimum atomic E-state index is -0.0742. The Morgan fingerprint density at radius 1 is 0.968 bits per heavy atom. The van der Waals surface area contributed by atoms with Crippen molar-refractivity contribution in [3.63, 3.8) is 0 Å². The molecule has 0 radical (unpaired) electrons. The average molecular weight is 418 g/mol. The Morgan fingerprint density at radius 3 is 2.45 bits per heavy atom. The Balaban J connectivity index is 1.39. The maximum atomic E-state index is 12.6. The van der Waals surface area contributed by atoms with Gasteiger partial charge in [-0.3, -0.25) is 14.3 Å². The van der Waals surface area contributed by atoms with Gasteiger partial charge in [-0.25, -0.2) is 4.98 Å². The highest BCUT2D eigenvalue weighted by Gasteiger charge is 2.25. The van der Waals surface area contributed by atoms with Crippen molar-refractivity contribution in [2.45, 2.75) is 18.9 Å². The van der Waals surface area contributed by atoms with Crippen LogP contribution in [0.15, 0.2) is 59.7 Å². The first-order valence-corrected chi connectivity index (χ1v) is 10.9. The second-order valence-electron chi connectivity index (χ2n) is 8.17. The molecule has 0 bridgehead atoms. The summed E-state index contributed by atoms with van der Waals surface area (Å²) in [6, 6.07) is 14.0. The van der Waals surface area contributed by atoms with E-state index in [0.29, 0.717) is 31.3 Å². The Labute approximate surface area is 181 Å². The molecule has 0 saturated carbocycles. The zero-order valence-electron chi connectivity index (χ0n) is 17.8. The van der Waals surface area contributed by atoms with Crippen molar-refractivity contribution in [3.05, 3.63) is 70.8 Å². The van der Waals surface area contributed by atoms with Crippen LogP contribution in [-0.2, 0) is 11.8 Å². The first-order chi connectivity index (χ1) is 15.2. The first kappa shape index (κ1) is 19.8. The molecule has 2 aliphatic heterocycles. The van der Waals surface area contributed by atoms with Crippen molar-refractivity contribution in [1.82, 2.24) is 14.5 Å². The maximum absolute atomic E-state index is 12.6. The molecule has 5 rings (SSSR count). The number of hydrogen-bond acceptors (Lipinski definition) is 6. The van der Waals surface area contributed by atoms with Crippen molar-refractivity contribution in [3.8, 4) is 11.3 Å². The van der Waals surface area contributed by atoms with Gasteiger partial charge in [0, 0.05) is 56.4 Å². The van der Waals surface area contributed by atoms with Crippen LogP contribution in [-0.4, -0.2) is 47.3 Å². The summed E-state index contributed by atoms with van der Waals surface area (Å²) in [4.78, 5) is 26.1. The largest absolute Gasteiger partial charge is 0.372 e. The molecule has 2 aromatic heterocycles. The lowest BCUT2D eigenvalue weighted by atomic mass is 10.1.